The van der Waals surface area contributed by atoms with Gasteiger partial charge < -0.3 is 5.32 Å². The van der Waals surface area contributed by atoms with Crippen LogP contribution in [0.2, 0.25) is 0 Å². The van der Waals surface area contributed by atoms with Gasteiger partial charge in [0, 0.05) is 22.8 Å². The third kappa shape index (κ3) is 2.59. The number of nitro benzene ring substituents is 1. The number of hydrogen-bond donors (Lipinski definition) is 2. The Morgan fingerprint density at radius 2 is 2.11 bits per heavy atom. The minimum Gasteiger partial charge on any atom is -0.307 e. The van der Waals surface area contributed by atoms with Gasteiger partial charge in [-0.1, -0.05) is 6.07 Å². The Labute approximate surface area is 108 Å². The first-order valence-electron chi connectivity index (χ1n) is 5.55. The SMILES string of the molecule is Cc1ccc(C(=O)Nc2[nH]ncc2C)cc1[N+](=O)[O-]. The smallest absolute Gasteiger partial charge is 0.273 e. The van der Waals surface area contributed by atoms with E-state index in [1.54, 1.807) is 32.2 Å². The van der Waals surface area contributed by atoms with Crippen LogP contribution in [0, 0.1) is 24.0 Å². The lowest BCUT2D eigenvalue weighted by Gasteiger charge is -2.04. The standard InChI is InChI=1S/C12H12N4O3/c1-7-3-4-9(5-10(7)16(18)19)12(17)14-11-8(2)6-13-15-11/h3-6H,1-2H3,(H2,13,14,15,17). The Kier molecular flexibility index (Phi) is 3.28. The zero-order chi connectivity index (χ0) is 14.0. The van der Waals surface area contributed by atoms with Crippen molar-refractivity contribution in [2.45, 2.75) is 13.8 Å². The molecule has 7 nitrogen and oxygen atoms in total. The van der Waals surface area contributed by atoms with Gasteiger partial charge in [0.1, 0.15) is 5.82 Å². The average Bonchev–Trinajstić information content (AvgIpc) is 2.75. The van der Waals surface area contributed by atoms with Crippen LogP contribution in [0.4, 0.5) is 11.5 Å². The van der Waals surface area contributed by atoms with Gasteiger partial charge in [-0.25, -0.2) is 0 Å². The summed E-state index contributed by atoms with van der Waals surface area (Å²) in [5.41, 5.74) is 1.45. The summed E-state index contributed by atoms with van der Waals surface area (Å²) >= 11 is 0. The molecular weight excluding hydrogens is 248 g/mol. The number of benzene rings is 1. The van der Waals surface area contributed by atoms with Gasteiger partial charge in [-0.3, -0.25) is 20.0 Å². The summed E-state index contributed by atoms with van der Waals surface area (Å²) in [5.74, 6) is 0.0590. The van der Waals surface area contributed by atoms with E-state index < -0.39 is 10.8 Å². The Morgan fingerprint density at radius 3 is 2.68 bits per heavy atom. The first kappa shape index (κ1) is 12.7. The Hall–Kier alpha value is -2.70. The lowest BCUT2D eigenvalue weighted by atomic mass is 10.1. The molecule has 0 aliphatic rings. The molecule has 7 heteroatoms. The van der Waals surface area contributed by atoms with Crippen LogP contribution in [0.5, 0.6) is 0 Å². The van der Waals surface area contributed by atoms with Crippen molar-refractivity contribution >= 4 is 17.4 Å². The van der Waals surface area contributed by atoms with E-state index in [1.165, 1.54) is 6.07 Å². The van der Waals surface area contributed by atoms with Gasteiger partial charge in [0.25, 0.3) is 11.6 Å². The van der Waals surface area contributed by atoms with Crippen molar-refractivity contribution in [2.24, 2.45) is 0 Å². The topological polar surface area (TPSA) is 101 Å². The van der Waals surface area contributed by atoms with Crippen molar-refractivity contribution in [3.05, 3.63) is 51.2 Å². The van der Waals surface area contributed by atoms with E-state index in [-0.39, 0.29) is 11.3 Å². The number of H-pyrrole nitrogens is 1. The van der Waals surface area contributed by atoms with E-state index in [2.05, 4.69) is 15.5 Å². The second-order valence-electron chi connectivity index (χ2n) is 4.14. The highest BCUT2D eigenvalue weighted by atomic mass is 16.6. The summed E-state index contributed by atoms with van der Waals surface area (Å²) in [5, 5.41) is 19.9. The Bertz CT molecular complexity index is 648. The zero-order valence-electron chi connectivity index (χ0n) is 10.4. The van der Waals surface area contributed by atoms with E-state index in [0.29, 0.717) is 11.4 Å². The minimum absolute atomic E-state index is 0.0750. The maximum atomic E-state index is 12.0. The van der Waals surface area contributed by atoms with E-state index in [9.17, 15) is 14.9 Å². The minimum atomic E-state index is -0.506. The third-order valence-electron chi connectivity index (χ3n) is 2.74. The zero-order valence-corrected chi connectivity index (χ0v) is 10.4. The highest BCUT2D eigenvalue weighted by Gasteiger charge is 2.15. The highest BCUT2D eigenvalue weighted by molar-refractivity contribution is 6.04. The van der Waals surface area contributed by atoms with E-state index in [1.807, 2.05) is 0 Å². The molecule has 0 spiro atoms. The molecule has 19 heavy (non-hydrogen) atoms. The molecule has 0 saturated heterocycles. The molecule has 2 N–H and O–H groups in total. The quantitative estimate of drug-likeness (QED) is 0.652. The lowest BCUT2D eigenvalue weighted by molar-refractivity contribution is -0.385. The van der Waals surface area contributed by atoms with Crippen molar-refractivity contribution in [3.8, 4) is 0 Å². The summed E-state index contributed by atoms with van der Waals surface area (Å²) in [6, 6.07) is 4.35. The van der Waals surface area contributed by atoms with Gasteiger partial charge in [-0.05, 0) is 19.9 Å². The van der Waals surface area contributed by atoms with Crippen LogP contribution in [-0.4, -0.2) is 21.0 Å². The Balaban J connectivity index is 2.27. The predicted octanol–water partition coefficient (Wildman–Crippen LogP) is 2.19. The molecule has 1 aromatic carbocycles. The Morgan fingerprint density at radius 1 is 1.37 bits per heavy atom. The maximum Gasteiger partial charge on any atom is 0.273 e. The second-order valence-corrected chi connectivity index (χ2v) is 4.14. The van der Waals surface area contributed by atoms with Crippen LogP contribution >= 0.6 is 0 Å². The number of anilines is 1. The summed E-state index contributed by atoms with van der Waals surface area (Å²) in [6.45, 7) is 3.41. The molecule has 2 aromatic rings. The molecule has 0 unspecified atom stereocenters. The normalized spacial score (nSPS) is 10.2. The van der Waals surface area contributed by atoms with Gasteiger partial charge in [0.05, 0.1) is 11.1 Å². The first-order chi connectivity index (χ1) is 8.99. The number of nitrogens with one attached hydrogen (secondary N) is 2. The number of aromatic nitrogens is 2. The van der Waals surface area contributed by atoms with Gasteiger partial charge in [0.15, 0.2) is 0 Å². The fourth-order valence-electron chi connectivity index (χ4n) is 1.61. The number of nitrogens with zero attached hydrogens (tertiary/aromatic N) is 2. The average molecular weight is 260 g/mol. The van der Waals surface area contributed by atoms with Crippen LogP contribution in [-0.2, 0) is 0 Å². The molecule has 1 aromatic heterocycles. The number of carbonyl (C=O) groups is 1. The van der Waals surface area contributed by atoms with Crippen molar-refractivity contribution in [1.29, 1.82) is 0 Å². The highest BCUT2D eigenvalue weighted by Crippen LogP contribution is 2.20. The molecule has 1 heterocycles. The molecule has 98 valence electrons. The van der Waals surface area contributed by atoms with Crippen molar-refractivity contribution < 1.29 is 9.72 Å². The molecule has 0 fully saturated rings. The van der Waals surface area contributed by atoms with Crippen LogP contribution < -0.4 is 5.32 Å². The van der Waals surface area contributed by atoms with E-state index >= 15 is 0 Å². The molecule has 0 aliphatic carbocycles. The van der Waals surface area contributed by atoms with Crippen molar-refractivity contribution in [2.75, 3.05) is 5.32 Å². The van der Waals surface area contributed by atoms with Gasteiger partial charge in [0.2, 0.25) is 0 Å². The molecule has 0 aliphatic heterocycles. The van der Waals surface area contributed by atoms with Crippen LogP contribution in [0.3, 0.4) is 0 Å². The summed E-state index contributed by atoms with van der Waals surface area (Å²) in [6.07, 6.45) is 1.58. The summed E-state index contributed by atoms with van der Waals surface area (Å²) in [7, 11) is 0. The molecule has 0 atom stereocenters. The number of rotatable bonds is 3. The van der Waals surface area contributed by atoms with Gasteiger partial charge >= 0.3 is 0 Å². The number of nitro groups is 1. The number of carbonyl (C=O) groups excluding carboxylic acids is 1. The fourth-order valence-corrected chi connectivity index (χ4v) is 1.61. The molecule has 1 amide bonds. The first-order valence-corrected chi connectivity index (χ1v) is 5.55. The number of amides is 1. The van der Waals surface area contributed by atoms with Crippen LogP contribution in [0.15, 0.2) is 24.4 Å². The third-order valence-corrected chi connectivity index (χ3v) is 2.74. The fraction of sp³-hybridized carbons (Fsp3) is 0.167. The second kappa shape index (κ2) is 4.89. The molecule has 0 bridgehead atoms. The van der Waals surface area contributed by atoms with Gasteiger partial charge in [-0.15, -0.1) is 0 Å². The lowest BCUT2D eigenvalue weighted by Crippen LogP contribution is -2.13. The van der Waals surface area contributed by atoms with Crippen LogP contribution in [0.25, 0.3) is 0 Å². The number of aryl methyl sites for hydroxylation is 2. The molecular formula is C12H12N4O3. The monoisotopic (exact) mass is 260 g/mol. The molecule has 2 rings (SSSR count). The van der Waals surface area contributed by atoms with Gasteiger partial charge in [-0.2, -0.15) is 5.10 Å². The summed E-state index contributed by atoms with van der Waals surface area (Å²) in [4.78, 5) is 22.3. The van der Waals surface area contributed by atoms with E-state index in [0.717, 1.165) is 5.56 Å². The van der Waals surface area contributed by atoms with Crippen LogP contribution in [0.1, 0.15) is 21.5 Å². The largest absolute Gasteiger partial charge is 0.307 e. The van der Waals surface area contributed by atoms with Crippen molar-refractivity contribution in [1.82, 2.24) is 10.2 Å². The molecule has 0 saturated carbocycles. The summed E-state index contributed by atoms with van der Waals surface area (Å²) < 4.78 is 0. The molecule has 0 radical (unpaired) electrons. The maximum absolute atomic E-state index is 12.0. The predicted molar refractivity (Wildman–Crippen MR) is 69.1 cm³/mol. The number of hydrogen-bond acceptors (Lipinski definition) is 4. The van der Waals surface area contributed by atoms with Crippen molar-refractivity contribution in [3.63, 3.8) is 0 Å². The number of aromatic amines is 1. The van der Waals surface area contributed by atoms with E-state index in [4.69, 9.17) is 0 Å².